The zero-order valence-electron chi connectivity index (χ0n) is 19.0. The van der Waals surface area contributed by atoms with Crippen LogP contribution in [0.1, 0.15) is 39.5 Å². The number of allylic oxidation sites excluding steroid dienone is 7. The van der Waals surface area contributed by atoms with Crippen molar-refractivity contribution in [3.8, 4) is 0 Å². The predicted molar refractivity (Wildman–Crippen MR) is 137 cm³/mol. The molecule has 1 aliphatic rings. The molecule has 1 atom stereocenters. The van der Waals surface area contributed by atoms with E-state index in [-0.39, 0.29) is 34.2 Å². The van der Waals surface area contributed by atoms with Gasteiger partial charge in [0.15, 0.2) is 0 Å². The maximum Gasteiger partial charge on any atom is 0.228 e. The van der Waals surface area contributed by atoms with Gasteiger partial charge in [0, 0.05) is 18.7 Å². The first-order valence-electron chi connectivity index (χ1n) is 10.7. The van der Waals surface area contributed by atoms with Crippen LogP contribution < -0.4 is 10.2 Å². The molecule has 1 unspecified atom stereocenters. The third-order valence-electron chi connectivity index (χ3n) is 5.44. The fraction of sp³-hybridized carbons (Fsp3) is 0.308. The van der Waals surface area contributed by atoms with Crippen LogP contribution in [0.2, 0.25) is 10.0 Å². The lowest BCUT2D eigenvalue weighted by molar-refractivity contribution is -0.120. The van der Waals surface area contributed by atoms with Crippen molar-refractivity contribution in [1.29, 1.82) is 0 Å². The lowest BCUT2D eigenvalue weighted by Crippen LogP contribution is -2.40. The van der Waals surface area contributed by atoms with E-state index in [1.165, 1.54) is 6.08 Å². The molecule has 1 saturated heterocycles. The molecule has 1 heterocycles. The van der Waals surface area contributed by atoms with Crippen molar-refractivity contribution in [3.05, 3.63) is 82.7 Å². The summed E-state index contributed by atoms with van der Waals surface area (Å²) in [4.78, 5) is 26.6. The minimum atomic E-state index is -0.417. The minimum absolute atomic E-state index is 0.0128. The molecule has 7 heteroatoms. The van der Waals surface area contributed by atoms with E-state index >= 15 is 0 Å². The molecule has 1 fully saturated rings. The molecule has 1 aromatic rings. The highest BCUT2D eigenvalue weighted by molar-refractivity contribution is 6.40. The zero-order valence-corrected chi connectivity index (χ0v) is 20.5. The number of anilines is 2. The maximum atomic E-state index is 14.0. The van der Waals surface area contributed by atoms with Crippen LogP contribution in [-0.4, -0.2) is 18.4 Å². The molecule has 0 aliphatic carbocycles. The van der Waals surface area contributed by atoms with Crippen LogP contribution >= 0.6 is 23.2 Å². The molecule has 4 nitrogen and oxygen atoms in total. The van der Waals surface area contributed by atoms with Crippen LogP contribution in [0.15, 0.2) is 72.6 Å². The summed E-state index contributed by atoms with van der Waals surface area (Å²) >= 11 is 13.0. The van der Waals surface area contributed by atoms with Gasteiger partial charge in [0.05, 0.1) is 22.2 Å². The Morgan fingerprint density at radius 1 is 1.24 bits per heavy atom. The smallest absolute Gasteiger partial charge is 0.228 e. The van der Waals surface area contributed by atoms with Gasteiger partial charge < -0.3 is 10.2 Å². The number of hydrogen-bond donors (Lipinski definition) is 1. The zero-order chi connectivity index (χ0) is 24.5. The van der Waals surface area contributed by atoms with E-state index in [1.54, 1.807) is 17.0 Å². The second-order valence-corrected chi connectivity index (χ2v) is 8.59. The van der Waals surface area contributed by atoms with Gasteiger partial charge in [-0.3, -0.25) is 9.59 Å². The van der Waals surface area contributed by atoms with E-state index in [4.69, 9.17) is 23.2 Å². The average Bonchev–Trinajstić information content (AvgIpc) is 2.77. The molecule has 0 spiro atoms. The van der Waals surface area contributed by atoms with Crippen molar-refractivity contribution in [2.45, 2.75) is 39.5 Å². The number of piperidine rings is 1. The topological polar surface area (TPSA) is 49.4 Å². The molecule has 0 bridgehead atoms. The van der Waals surface area contributed by atoms with Crippen molar-refractivity contribution >= 4 is 46.4 Å². The van der Waals surface area contributed by atoms with Gasteiger partial charge in [0.25, 0.3) is 0 Å². The lowest BCUT2D eigenvalue weighted by atomic mass is 9.90. The van der Waals surface area contributed by atoms with Crippen LogP contribution in [0.25, 0.3) is 0 Å². The molecular formula is C26H29Cl2FN2O2. The number of benzene rings is 1. The molecule has 2 amide bonds. The van der Waals surface area contributed by atoms with E-state index < -0.39 is 5.83 Å². The van der Waals surface area contributed by atoms with Crippen molar-refractivity contribution in [2.75, 3.05) is 16.8 Å². The highest BCUT2D eigenvalue weighted by atomic mass is 35.5. The Labute approximate surface area is 205 Å². The fourth-order valence-corrected chi connectivity index (χ4v) is 4.47. The summed E-state index contributed by atoms with van der Waals surface area (Å²) in [6.45, 7) is 11.2. The fourth-order valence-electron chi connectivity index (χ4n) is 3.77. The Kier molecular flexibility index (Phi) is 10.1. The summed E-state index contributed by atoms with van der Waals surface area (Å²) in [5.74, 6) is -0.716. The predicted octanol–water partition coefficient (Wildman–Crippen LogP) is 7.57. The van der Waals surface area contributed by atoms with E-state index in [1.807, 2.05) is 32.1 Å². The molecule has 33 heavy (non-hydrogen) atoms. The second kappa shape index (κ2) is 12.6. The van der Waals surface area contributed by atoms with Gasteiger partial charge in [0.1, 0.15) is 5.83 Å². The molecule has 1 aliphatic heterocycles. The molecule has 176 valence electrons. The maximum absolute atomic E-state index is 14.0. The van der Waals surface area contributed by atoms with Gasteiger partial charge in [0.2, 0.25) is 11.8 Å². The summed E-state index contributed by atoms with van der Waals surface area (Å²) in [5, 5.41) is 3.30. The van der Waals surface area contributed by atoms with E-state index in [0.29, 0.717) is 42.8 Å². The van der Waals surface area contributed by atoms with Gasteiger partial charge in [-0.1, -0.05) is 60.7 Å². The molecule has 1 N–H and O–H groups in total. The van der Waals surface area contributed by atoms with E-state index in [0.717, 1.165) is 11.6 Å². The molecule has 0 aromatic heterocycles. The van der Waals surface area contributed by atoms with Crippen LogP contribution in [-0.2, 0) is 9.59 Å². The standard InChI is InChI=1S/C26H29Cl2FN2O2/c1-5-9-17(6-2)13-24(32)30-20-14-21(27)26(22(28)15-20)31-16-18(10-11-25(31)33)12-19(7-3)23(29)8-4/h5-9,14-15,18H,3-4,10-13,16H2,1-2H3,(H,30,32)/b9-5-,17-6+,23-19-. The Bertz CT molecular complexity index is 1000. The number of carbonyl (C=O) groups is 2. The van der Waals surface area contributed by atoms with Crippen molar-refractivity contribution < 1.29 is 14.0 Å². The Morgan fingerprint density at radius 3 is 2.45 bits per heavy atom. The summed E-state index contributed by atoms with van der Waals surface area (Å²) in [6, 6.07) is 3.16. The molecule has 1 aromatic carbocycles. The molecular weight excluding hydrogens is 462 g/mol. The van der Waals surface area contributed by atoms with Crippen molar-refractivity contribution in [3.63, 3.8) is 0 Å². The summed E-state index contributed by atoms with van der Waals surface area (Å²) < 4.78 is 14.0. The first-order chi connectivity index (χ1) is 15.7. The van der Waals surface area contributed by atoms with Gasteiger partial charge in [-0.15, -0.1) is 0 Å². The van der Waals surface area contributed by atoms with Gasteiger partial charge in [-0.2, -0.15) is 0 Å². The van der Waals surface area contributed by atoms with Crippen LogP contribution in [0.5, 0.6) is 0 Å². The number of rotatable bonds is 9. The molecule has 2 rings (SSSR count). The highest BCUT2D eigenvalue weighted by Gasteiger charge is 2.30. The summed E-state index contributed by atoms with van der Waals surface area (Å²) in [5.41, 5.74) is 2.18. The number of hydrogen-bond acceptors (Lipinski definition) is 2. The Morgan fingerprint density at radius 2 is 1.91 bits per heavy atom. The summed E-state index contributed by atoms with van der Waals surface area (Å²) in [6.07, 6.45) is 9.80. The highest BCUT2D eigenvalue weighted by Crippen LogP contribution is 2.40. The SMILES string of the molecule is C=C/C(F)=C(\C=C)CC1CCC(=O)N(c2c(Cl)cc(NC(=O)CC(/C=C\C)=C/C)cc2Cl)C1. The first kappa shape index (κ1) is 26.6. The summed E-state index contributed by atoms with van der Waals surface area (Å²) in [7, 11) is 0. The van der Waals surface area contributed by atoms with Crippen molar-refractivity contribution in [1.82, 2.24) is 0 Å². The molecule has 0 radical (unpaired) electrons. The Hall–Kier alpha value is -2.63. The molecule has 0 saturated carbocycles. The van der Waals surface area contributed by atoms with Gasteiger partial charge in [-0.25, -0.2) is 4.39 Å². The first-order valence-corrected chi connectivity index (χ1v) is 11.5. The number of amides is 2. The monoisotopic (exact) mass is 490 g/mol. The number of halogens is 3. The average molecular weight is 491 g/mol. The number of nitrogens with zero attached hydrogens (tertiary/aromatic N) is 1. The van der Waals surface area contributed by atoms with Gasteiger partial charge in [-0.05, 0) is 62.0 Å². The largest absolute Gasteiger partial charge is 0.326 e. The lowest BCUT2D eigenvalue weighted by Gasteiger charge is -2.34. The third kappa shape index (κ3) is 7.18. The van der Waals surface area contributed by atoms with E-state index in [2.05, 4.69) is 18.5 Å². The number of nitrogens with one attached hydrogen (secondary N) is 1. The third-order valence-corrected chi connectivity index (χ3v) is 6.01. The normalized spacial score (nSPS) is 17.7. The Balaban J connectivity index is 2.22. The van der Waals surface area contributed by atoms with E-state index in [9.17, 15) is 14.0 Å². The second-order valence-electron chi connectivity index (χ2n) is 7.77. The number of carbonyl (C=O) groups excluding carboxylic acids is 2. The van der Waals surface area contributed by atoms with Crippen molar-refractivity contribution in [2.24, 2.45) is 5.92 Å². The van der Waals surface area contributed by atoms with Crippen LogP contribution in [0.4, 0.5) is 15.8 Å². The van der Waals surface area contributed by atoms with Crippen LogP contribution in [0.3, 0.4) is 0 Å². The van der Waals surface area contributed by atoms with Crippen LogP contribution in [0, 0.1) is 5.92 Å². The van der Waals surface area contributed by atoms with Gasteiger partial charge >= 0.3 is 0 Å². The minimum Gasteiger partial charge on any atom is -0.326 e. The quantitative estimate of drug-likeness (QED) is 0.362.